The summed E-state index contributed by atoms with van der Waals surface area (Å²) >= 11 is 0. The van der Waals surface area contributed by atoms with Crippen molar-refractivity contribution in [2.45, 2.75) is 64.6 Å². The lowest BCUT2D eigenvalue weighted by molar-refractivity contribution is 0.00578. The van der Waals surface area contributed by atoms with Crippen LogP contribution in [-0.2, 0) is 14.0 Å². The molecule has 0 aromatic heterocycles. The van der Waals surface area contributed by atoms with Crippen molar-refractivity contribution in [1.82, 2.24) is 9.91 Å². The SMILES string of the molecule is C=C1N(C)N=C(c2ccc(B3OC(C)(C)C(C)(C)O3)cc2)N1COCC[Si](C)(C)C. The van der Waals surface area contributed by atoms with Crippen molar-refractivity contribution in [2.24, 2.45) is 5.10 Å². The second-order valence-corrected chi connectivity index (χ2v) is 16.0. The number of hydrogen-bond acceptors (Lipinski definition) is 6. The highest BCUT2D eigenvalue weighted by Gasteiger charge is 2.51. The maximum absolute atomic E-state index is 6.16. The molecule has 0 N–H and O–H groups in total. The average molecular weight is 429 g/mol. The second-order valence-electron chi connectivity index (χ2n) is 10.3. The summed E-state index contributed by atoms with van der Waals surface area (Å²) < 4.78 is 18.3. The highest BCUT2D eigenvalue weighted by molar-refractivity contribution is 6.76. The van der Waals surface area contributed by atoms with Gasteiger partial charge in [-0.05, 0) is 39.2 Å². The highest BCUT2D eigenvalue weighted by atomic mass is 28.3. The third-order valence-corrected chi connectivity index (χ3v) is 7.80. The molecule has 8 heteroatoms. The van der Waals surface area contributed by atoms with E-state index in [1.807, 2.05) is 24.1 Å². The first kappa shape index (κ1) is 23.1. The topological polar surface area (TPSA) is 46.5 Å². The van der Waals surface area contributed by atoms with E-state index in [1.165, 1.54) is 0 Å². The summed E-state index contributed by atoms with van der Waals surface area (Å²) in [5, 5.41) is 6.46. The molecule has 3 rings (SSSR count). The van der Waals surface area contributed by atoms with Gasteiger partial charge in [0.05, 0.1) is 11.2 Å². The summed E-state index contributed by atoms with van der Waals surface area (Å²) in [7, 11) is 0.423. The molecule has 0 amide bonds. The van der Waals surface area contributed by atoms with Gasteiger partial charge in [0.25, 0.3) is 0 Å². The van der Waals surface area contributed by atoms with E-state index in [9.17, 15) is 0 Å². The van der Waals surface area contributed by atoms with Crippen LogP contribution in [0, 0.1) is 0 Å². The third kappa shape index (κ3) is 4.82. The van der Waals surface area contributed by atoms with Crippen LogP contribution in [0.4, 0.5) is 0 Å². The Hall–Kier alpha value is -1.61. The van der Waals surface area contributed by atoms with Crippen LogP contribution < -0.4 is 5.46 Å². The fraction of sp³-hybridized carbons (Fsp3) is 0.591. The minimum Gasteiger partial charge on any atom is -0.399 e. The molecule has 2 heterocycles. The Balaban J connectivity index is 1.70. The summed E-state index contributed by atoms with van der Waals surface area (Å²) in [6.07, 6.45) is 0. The maximum Gasteiger partial charge on any atom is 0.494 e. The Morgan fingerprint density at radius 3 is 2.17 bits per heavy atom. The van der Waals surface area contributed by atoms with Crippen molar-refractivity contribution in [3.63, 3.8) is 0 Å². The predicted molar refractivity (Wildman–Crippen MR) is 126 cm³/mol. The van der Waals surface area contributed by atoms with Crippen LogP contribution in [0.1, 0.15) is 33.3 Å². The van der Waals surface area contributed by atoms with Gasteiger partial charge in [-0.3, -0.25) is 9.91 Å². The molecule has 164 valence electrons. The molecule has 30 heavy (non-hydrogen) atoms. The lowest BCUT2D eigenvalue weighted by Crippen LogP contribution is -2.41. The second kappa shape index (κ2) is 8.15. The molecule has 2 aliphatic heterocycles. The zero-order valence-electron chi connectivity index (χ0n) is 19.8. The van der Waals surface area contributed by atoms with Crippen molar-refractivity contribution in [3.8, 4) is 0 Å². The van der Waals surface area contributed by atoms with Crippen LogP contribution in [0.15, 0.2) is 41.8 Å². The lowest BCUT2D eigenvalue weighted by atomic mass is 9.79. The first-order valence-electron chi connectivity index (χ1n) is 10.6. The van der Waals surface area contributed by atoms with E-state index in [1.54, 1.807) is 5.01 Å². The molecule has 1 fully saturated rings. The largest absolute Gasteiger partial charge is 0.494 e. The molecule has 0 atom stereocenters. The van der Waals surface area contributed by atoms with Gasteiger partial charge in [-0.25, -0.2) is 0 Å². The van der Waals surface area contributed by atoms with Crippen LogP contribution in [0.5, 0.6) is 0 Å². The van der Waals surface area contributed by atoms with E-state index < -0.39 is 8.07 Å². The standard InChI is InChI=1S/C22H36BN3O3Si/c1-17-25(6)24-20(26(17)16-27-14-15-30(7,8)9)18-10-12-19(13-11-18)23-28-21(2,3)22(4,5)29-23/h10-13H,1,14-16H2,2-9H3. The Bertz CT molecular complexity index is 802. The van der Waals surface area contributed by atoms with E-state index in [4.69, 9.17) is 14.0 Å². The van der Waals surface area contributed by atoms with Crippen LogP contribution in [0.2, 0.25) is 25.7 Å². The molecule has 0 aliphatic carbocycles. The van der Waals surface area contributed by atoms with E-state index in [2.05, 4.69) is 71.1 Å². The van der Waals surface area contributed by atoms with Crippen LogP contribution >= 0.6 is 0 Å². The Morgan fingerprint density at radius 2 is 1.63 bits per heavy atom. The number of benzene rings is 1. The van der Waals surface area contributed by atoms with Gasteiger partial charge in [0.1, 0.15) is 12.6 Å². The fourth-order valence-corrected chi connectivity index (χ4v) is 3.96. The van der Waals surface area contributed by atoms with Gasteiger partial charge >= 0.3 is 7.12 Å². The minimum atomic E-state index is -1.12. The molecule has 1 aromatic carbocycles. The van der Waals surface area contributed by atoms with Gasteiger partial charge in [0.15, 0.2) is 5.84 Å². The third-order valence-electron chi connectivity index (χ3n) is 6.10. The Labute approximate surface area is 183 Å². The molecule has 0 bridgehead atoms. The monoisotopic (exact) mass is 429 g/mol. The molecule has 0 saturated carbocycles. The van der Waals surface area contributed by atoms with Crippen molar-refractivity contribution in [3.05, 3.63) is 42.2 Å². The lowest BCUT2D eigenvalue weighted by Gasteiger charge is -2.32. The van der Waals surface area contributed by atoms with Gasteiger partial charge in [-0.2, -0.15) is 5.10 Å². The van der Waals surface area contributed by atoms with Gasteiger partial charge in [0, 0.05) is 27.3 Å². The van der Waals surface area contributed by atoms with Crippen LogP contribution in [-0.4, -0.2) is 62.5 Å². The molecule has 0 spiro atoms. The van der Waals surface area contributed by atoms with E-state index in [0.717, 1.165) is 35.3 Å². The first-order chi connectivity index (χ1) is 13.8. The van der Waals surface area contributed by atoms with Crippen LogP contribution in [0.25, 0.3) is 0 Å². The molecular weight excluding hydrogens is 393 g/mol. The Morgan fingerprint density at radius 1 is 1.07 bits per heavy atom. The summed E-state index contributed by atoms with van der Waals surface area (Å²) in [6, 6.07) is 9.34. The van der Waals surface area contributed by atoms with Crippen LogP contribution in [0.3, 0.4) is 0 Å². The van der Waals surface area contributed by atoms with E-state index in [-0.39, 0.29) is 18.3 Å². The molecule has 6 nitrogen and oxygen atoms in total. The minimum absolute atomic E-state index is 0.351. The van der Waals surface area contributed by atoms with Crippen molar-refractivity contribution in [1.29, 1.82) is 0 Å². The fourth-order valence-electron chi connectivity index (χ4n) is 3.20. The van der Waals surface area contributed by atoms with Crippen molar-refractivity contribution < 1.29 is 14.0 Å². The number of hydrazone groups is 1. The zero-order valence-corrected chi connectivity index (χ0v) is 20.8. The van der Waals surface area contributed by atoms with Gasteiger partial charge in [-0.15, -0.1) is 0 Å². The van der Waals surface area contributed by atoms with Gasteiger partial charge < -0.3 is 14.0 Å². The number of rotatable bonds is 7. The summed E-state index contributed by atoms with van der Waals surface area (Å²) in [5.41, 5.74) is 1.31. The summed E-state index contributed by atoms with van der Waals surface area (Å²) in [4.78, 5) is 2.02. The zero-order chi connectivity index (χ0) is 22.3. The quantitative estimate of drug-likeness (QED) is 0.489. The Kier molecular flexibility index (Phi) is 6.26. The normalized spacial score (nSPS) is 20.9. The number of amidine groups is 1. The van der Waals surface area contributed by atoms with Crippen molar-refractivity contribution in [2.75, 3.05) is 20.4 Å². The molecule has 1 saturated heterocycles. The van der Waals surface area contributed by atoms with E-state index >= 15 is 0 Å². The first-order valence-corrected chi connectivity index (χ1v) is 14.3. The van der Waals surface area contributed by atoms with Gasteiger partial charge in [0.2, 0.25) is 0 Å². The molecule has 0 radical (unpaired) electrons. The molecule has 2 aliphatic rings. The van der Waals surface area contributed by atoms with E-state index in [0.29, 0.717) is 6.73 Å². The van der Waals surface area contributed by atoms with Crippen molar-refractivity contribution >= 4 is 26.5 Å². The highest BCUT2D eigenvalue weighted by Crippen LogP contribution is 2.36. The average Bonchev–Trinajstić information content (AvgIpc) is 3.03. The number of ether oxygens (including phenoxy) is 1. The number of nitrogens with zero attached hydrogens (tertiary/aromatic N) is 3. The predicted octanol–water partition coefficient (Wildman–Crippen LogP) is 3.68. The smallest absolute Gasteiger partial charge is 0.399 e. The summed E-state index contributed by atoms with van der Waals surface area (Å²) in [5.74, 6) is 1.66. The maximum atomic E-state index is 6.16. The molecule has 1 aromatic rings. The summed E-state index contributed by atoms with van der Waals surface area (Å²) in [6.45, 7) is 20.7. The molecular formula is C22H36BN3O3Si. The number of hydrogen-bond donors (Lipinski definition) is 0. The van der Waals surface area contributed by atoms with Gasteiger partial charge in [-0.1, -0.05) is 50.5 Å². The molecule has 0 unspecified atom stereocenters.